The minimum absolute atomic E-state index is 0.0679. The molecule has 190 valence electrons. The minimum Gasteiger partial charge on any atom is -0.462 e. The third-order valence-corrected chi connectivity index (χ3v) is 8.18. The Morgan fingerprint density at radius 1 is 1.22 bits per heavy atom. The van der Waals surface area contributed by atoms with E-state index < -0.39 is 0 Å². The van der Waals surface area contributed by atoms with Crippen molar-refractivity contribution in [1.82, 2.24) is 10.3 Å². The van der Waals surface area contributed by atoms with Crippen molar-refractivity contribution in [3.8, 4) is 11.1 Å². The molecule has 7 atom stereocenters. The number of esters is 1. The van der Waals surface area contributed by atoms with E-state index in [-0.39, 0.29) is 47.8 Å². The van der Waals surface area contributed by atoms with Crippen LogP contribution in [-0.4, -0.2) is 35.8 Å². The van der Waals surface area contributed by atoms with E-state index in [9.17, 15) is 14.0 Å². The van der Waals surface area contributed by atoms with Gasteiger partial charge in [-0.1, -0.05) is 24.3 Å². The molecule has 5 rings (SSSR count). The van der Waals surface area contributed by atoms with Crippen LogP contribution in [0.25, 0.3) is 17.2 Å². The lowest BCUT2D eigenvalue weighted by Crippen LogP contribution is -2.48. The predicted molar refractivity (Wildman–Crippen MR) is 134 cm³/mol. The van der Waals surface area contributed by atoms with Gasteiger partial charge >= 0.3 is 12.1 Å². The lowest BCUT2D eigenvalue weighted by molar-refractivity contribution is -0.144. The molecule has 0 spiro atoms. The second-order valence-electron chi connectivity index (χ2n) is 10.3. The fourth-order valence-electron chi connectivity index (χ4n) is 6.64. The summed E-state index contributed by atoms with van der Waals surface area (Å²) in [5.41, 5.74) is 2.48. The van der Waals surface area contributed by atoms with Crippen LogP contribution in [-0.2, 0) is 14.3 Å². The van der Waals surface area contributed by atoms with E-state index in [4.69, 9.17) is 9.47 Å². The van der Waals surface area contributed by atoms with E-state index in [1.54, 1.807) is 19.2 Å². The number of amides is 1. The molecule has 0 bridgehead atoms. The molecular weight excluding hydrogens is 459 g/mol. The summed E-state index contributed by atoms with van der Waals surface area (Å²) >= 11 is 0. The summed E-state index contributed by atoms with van der Waals surface area (Å²) < 4.78 is 24.3. The second-order valence-corrected chi connectivity index (χ2v) is 10.3. The molecule has 3 aliphatic rings. The van der Waals surface area contributed by atoms with Gasteiger partial charge in [-0.3, -0.25) is 9.78 Å². The number of carbonyl (C=O) groups is 2. The monoisotopic (exact) mass is 492 g/mol. The van der Waals surface area contributed by atoms with Crippen LogP contribution in [0.5, 0.6) is 0 Å². The summed E-state index contributed by atoms with van der Waals surface area (Å²) in [4.78, 5) is 29.2. The predicted octanol–water partition coefficient (Wildman–Crippen LogP) is 5.63. The first kappa shape index (κ1) is 24.5. The van der Waals surface area contributed by atoms with Crippen LogP contribution < -0.4 is 5.32 Å². The number of carbonyl (C=O) groups excluding carboxylic acids is 2. The van der Waals surface area contributed by atoms with Crippen molar-refractivity contribution >= 4 is 18.1 Å². The van der Waals surface area contributed by atoms with Gasteiger partial charge in [0.1, 0.15) is 11.9 Å². The Labute approximate surface area is 211 Å². The molecule has 1 amide bonds. The summed E-state index contributed by atoms with van der Waals surface area (Å²) in [6.45, 7) is 4.15. The summed E-state index contributed by atoms with van der Waals surface area (Å²) in [5, 5.41) is 3.00. The first-order chi connectivity index (χ1) is 17.4. The Kier molecular flexibility index (Phi) is 7.08. The van der Waals surface area contributed by atoms with Crippen molar-refractivity contribution in [3.05, 3.63) is 60.2 Å². The molecule has 36 heavy (non-hydrogen) atoms. The molecule has 0 unspecified atom stereocenters. The van der Waals surface area contributed by atoms with E-state index in [1.165, 1.54) is 12.1 Å². The lowest BCUT2D eigenvalue weighted by atomic mass is 9.57. The summed E-state index contributed by atoms with van der Waals surface area (Å²) in [6, 6.07) is 10.4. The zero-order valence-electron chi connectivity index (χ0n) is 20.7. The average Bonchev–Trinajstić information content (AvgIpc) is 3.15. The Morgan fingerprint density at radius 2 is 2.08 bits per heavy atom. The third kappa shape index (κ3) is 5.01. The zero-order valence-corrected chi connectivity index (χ0v) is 20.7. The molecule has 0 radical (unpaired) electrons. The van der Waals surface area contributed by atoms with Gasteiger partial charge < -0.3 is 14.8 Å². The molecule has 6 nitrogen and oxygen atoms in total. The smallest absolute Gasteiger partial charge is 0.407 e. The number of hydrogen-bond acceptors (Lipinski definition) is 5. The number of benzene rings is 1. The molecule has 1 aromatic heterocycles. The maximum Gasteiger partial charge on any atom is 0.407 e. The quantitative estimate of drug-likeness (QED) is 0.548. The van der Waals surface area contributed by atoms with Crippen LogP contribution in [0.2, 0.25) is 0 Å². The second kappa shape index (κ2) is 10.4. The Hall–Kier alpha value is -3.22. The Bertz CT molecular complexity index is 1130. The summed E-state index contributed by atoms with van der Waals surface area (Å²) in [7, 11) is 0. The number of pyridine rings is 1. The first-order valence-corrected chi connectivity index (χ1v) is 13.0. The fourth-order valence-corrected chi connectivity index (χ4v) is 6.64. The number of ether oxygens (including phenoxy) is 2. The van der Waals surface area contributed by atoms with E-state index in [1.807, 2.05) is 31.2 Å². The van der Waals surface area contributed by atoms with Gasteiger partial charge in [0.25, 0.3) is 0 Å². The van der Waals surface area contributed by atoms with E-state index >= 15 is 0 Å². The lowest BCUT2D eigenvalue weighted by Gasteiger charge is -2.47. The van der Waals surface area contributed by atoms with Crippen molar-refractivity contribution in [2.75, 3.05) is 6.61 Å². The number of aromatic nitrogens is 1. The molecule has 3 fully saturated rings. The van der Waals surface area contributed by atoms with Crippen molar-refractivity contribution in [2.24, 2.45) is 29.6 Å². The van der Waals surface area contributed by atoms with Crippen molar-refractivity contribution in [1.29, 1.82) is 0 Å². The molecule has 1 aliphatic heterocycles. The molecule has 1 aromatic carbocycles. The molecule has 2 heterocycles. The number of rotatable bonds is 5. The number of hydrogen-bond donors (Lipinski definition) is 1. The third-order valence-electron chi connectivity index (χ3n) is 8.18. The fraction of sp³-hybridized carbons (Fsp3) is 0.483. The maximum atomic E-state index is 13.6. The standard InChI is InChI=1S/C29H33FN2O4/c1-3-35-29(34)32-23-10-11-24-20(14-23)15-26-27(17(2)36-28(26)33)25(24)12-9-22-8-7-19(16-31-22)18-5-4-6-21(30)13-18/h4-9,12-13,16-17,20,23-27H,3,10-11,14-15H2,1-2H3,(H,32,34)/b12-9+/t17-,20+,23+,24+,25-,26-,27-/m0/s1. The number of allylic oxidation sites excluding steroid dienone is 1. The van der Waals surface area contributed by atoms with Crippen LogP contribution in [0.15, 0.2) is 48.7 Å². The highest BCUT2D eigenvalue weighted by molar-refractivity contribution is 5.75. The average molecular weight is 493 g/mol. The number of alkyl carbamates (subject to hydrolysis) is 1. The van der Waals surface area contributed by atoms with Gasteiger partial charge in [-0.25, -0.2) is 9.18 Å². The molecular formula is C29H33FN2O4. The van der Waals surface area contributed by atoms with Gasteiger partial charge in [-0.15, -0.1) is 0 Å². The molecule has 2 aromatic rings. The first-order valence-electron chi connectivity index (χ1n) is 13.0. The van der Waals surface area contributed by atoms with E-state index in [0.29, 0.717) is 18.4 Å². The largest absolute Gasteiger partial charge is 0.462 e. The van der Waals surface area contributed by atoms with Gasteiger partial charge in [0.15, 0.2) is 0 Å². The van der Waals surface area contributed by atoms with Crippen LogP contribution >= 0.6 is 0 Å². The van der Waals surface area contributed by atoms with Gasteiger partial charge in [0.05, 0.1) is 18.2 Å². The van der Waals surface area contributed by atoms with Crippen LogP contribution in [0, 0.1) is 35.4 Å². The molecule has 2 aliphatic carbocycles. The number of halogens is 1. The van der Waals surface area contributed by atoms with E-state index in [0.717, 1.165) is 42.5 Å². The van der Waals surface area contributed by atoms with Crippen LogP contribution in [0.3, 0.4) is 0 Å². The highest BCUT2D eigenvalue weighted by Crippen LogP contribution is 2.53. The van der Waals surface area contributed by atoms with Gasteiger partial charge in [-0.2, -0.15) is 0 Å². The van der Waals surface area contributed by atoms with E-state index in [2.05, 4.69) is 16.4 Å². The normalized spacial score (nSPS) is 31.4. The number of cyclic esters (lactones) is 1. The Balaban J connectivity index is 1.34. The molecule has 7 heteroatoms. The van der Waals surface area contributed by atoms with Crippen LogP contribution in [0.1, 0.15) is 45.2 Å². The van der Waals surface area contributed by atoms with Crippen molar-refractivity contribution in [3.63, 3.8) is 0 Å². The number of nitrogens with zero attached hydrogens (tertiary/aromatic N) is 1. The zero-order chi connectivity index (χ0) is 25.2. The van der Waals surface area contributed by atoms with Crippen molar-refractivity contribution in [2.45, 2.75) is 51.7 Å². The molecule has 1 saturated heterocycles. The van der Waals surface area contributed by atoms with Gasteiger partial charge in [-0.05, 0) is 87.1 Å². The number of fused-ring (bicyclic) bond motifs is 2. The molecule has 1 N–H and O–H groups in total. The Morgan fingerprint density at radius 3 is 2.83 bits per heavy atom. The summed E-state index contributed by atoms with van der Waals surface area (Å²) in [6.07, 6.45) is 9.07. The minimum atomic E-state index is -0.368. The topological polar surface area (TPSA) is 77.5 Å². The van der Waals surface area contributed by atoms with Crippen molar-refractivity contribution < 1.29 is 23.5 Å². The SMILES string of the molecule is CCOC(=O)N[C@@H]1CC[C@@H]2[C@H](C1)C[C@@H]1C(=O)O[C@@H](C)[C@H]1[C@H]2/C=C/c1ccc(-c2cccc(F)c2)cn1. The summed E-state index contributed by atoms with van der Waals surface area (Å²) in [5.74, 6) is 0.629. The van der Waals surface area contributed by atoms with Gasteiger partial charge in [0, 0.05) is 23.7 Å². The maximum absolute atomic E-state index is 13.6. The highest BCUT2D eigenvalue weighted by Gasteiger charge is 2.54. The highest BCUT2D eigenvalue weighted by atomic mass is 19.1. The molecule has 2 saturated carbocycles. The number of nitrogens with one attached hydrogen (secondary N) is 1. The van der Waals surface area contributed by atoms with Crippen LogP contribution in [0.4, 0.5) is 9.18 Å². The van der Waals surface area contributed by atoms with Gasteiger partial charge in [0.2, 0.25) is 0 Å².